The van der Waals surface area contributed by atoms with Crippen molar-refractivity contribution in [2.45, 2.75) is 25.2 Å². The normalized spacial score (nSPS) is 11.6. The molecule has 0 aromatic heterocycles. The van der Waals surface area contributed by atoms with Gasteiger partial charge in [-0.25, -0.2) is 13.1 Å². The molecule has 0 atom stereocenters. The lowest BCUT2D eigenvalue weighted by atomic mass is 10.1. The first-order valence-corrected chi connectivity index (χ1v) is 8.19. The molecule has 7 heteroatoms. The van der Waals surface area contributed by atoms with E-state index in [1.54, 1.807) is 0 Å². The first-order chi connectivity index (χ1) is 9.31. The average molecular weight is 319 g/mol. The van der Waals surface area contributed by atoms with E-state index < -0.39 is 10.0 Å². The van der Waals surface area contributed by atoms with E-state index in [4.69, 9.17) is 11.6 Å². The molecule has 0 aliphatic carbocycles. The Morgan fingerprint density at radius 3 is 2.40 bits per heavy atom. The van der Waals surface area contributed by atoms with Crippen LogP contribution in [0.4, 0.5) is 0 Å². The number of carbonyl (C=O) groups is 1. The zero-order valence-electron chi connectivity index (χ0n) is 11.5. The summed E-state index contributed by atoms with van der Waals surface area (Å²) in [5, 5.41) is 3.11. The van der Waals surface area contributed by atoms with Crippen molar-refractivity contribution in [3.63, 3.8) is 0 Å². The molecule has 0 aliphatic rings. The molecule has 1 aromatic rings. The first-order valence-electron chi connectivity index (χ1n) is 6.33. The summed E-state index contributed by atoms with van der Waals surface area (Å²) in [6.45, 7) is 4.37. The topological polar surface area (TPSA) is 75.3 Å². The van der Waals surface area contributed by atoms with E-state index in [0.717, 1.165) is 6.42 Å². The Kier molecular flexibility index (Phi) is 6.45. The highest BCUT2D eigenvalue weighted by atomic mass is 35.5. The number of hydrogen-bond donors (Lipinski definition) is 2. The Labute approximate surface area is 124 Å². The van der Waals surface area contributed by atoms with Crippen LogP contribution in [0.2, 0.25) is 5.02 Å². The quantitative estimate of drug-likeness (QED) is 0.804. The number of hydrogen-bond acceptors (Lipinski definition) is 3. The van der Waals surface area contributed by atoms with Crippen molar-refractivity contribution in [3.05, 3.63) is 29.3 Å². The van der Waals surface area contributed by atoms with Gasteiger partial charge in [0.15, 0.2) is 0 Å². The number of rotatable bonds is 7. The molecule has 0 spiro atoms. The Bertz CT molecular complexity index is 541. The number of carbonyl (C=O) groups excluding carboxylic acids is 1. The van der Waals surface area contributed by atoms with Crippen LogP contribution >= 0.6 is 11.6 Å². The molecule has 0 radical (unpaired) electrons. The summed E-state index contributed by atoms with van der Waals surface area (Å²) in [7, 11) is -3.68. The second-order valence-electron chi connectivity index (χ2n) is 4.81. The highest BCUT2D eigenvalue weighted by Crippen LogP contribution is 2.13. The maximum Gasteiger partial charge on any atom is 0.241 e. The van der Waals surface area contributed by atoms with E-state index >= 15 is 0 Å². The van der Waals surface area contributed by atoms with Crippen molar-refractivity contribution >= 4 is 27.5 Å². The zero-order valence-corrected chi connectivity index (χ0v) is 13.1. The van der Waals surface area contributed by atoms with Gasteiger partial charge in [0.2, 0.25) is 15.9 Å². The molecular formula is C13H19ClN2O3S. The van der Waals surface area contributed by atoms with Crippen molar-refractivity contribution in [3.8, 4) is 0 Å². The molecule has 0 fully saturated rings. The van der Waals surface area contributed by atoms with Crippen LogP contribution in [0.25, 0.3) is 0 Å². The van der Waals surface area contributed by atoms with Crippen LogP contribution in [0.5, 0.6) is 0 Å². The molecule has 0 saturated heterocycles. The molecule has 1 rings (SSSR count). The summed E-state index contributed by atoms with van der Waals surface area (Å²) in [4.78, 5) is 11.6. The molecule has 0 saturated carbocycles. The largest absolute Gasteiger partial charge is 0.355 e. The first kappa shape index (κ1) is 16.9. The number of amides is 1. The van der Waals surface area contributed by atoms with Crippen LogP contribution in [0.1, 0.15) is 20.3 Å². The summed E-state index contributed by atoms with van der Waals surface area (Å²) >= 11 is 5.69. The maximum atomic E-state index is 11.9. The van der Waals surface area contributed by atoms with Crippen molar-refractivity contribution in [1.82, 2.24) is 10.0 Å². The monoisotopic (exact) mass is 318 g/mol. The number of benzene rings is 1. The standard InChI is InChI=1S/C13H19ClN2O3S/c1-10(2)7-8-15-13(17)9-16-20(18,19)12-5-3-11(14)4-6-12/h3-6,10,16H,7-9H2,1-2H3,(H,15,17). The van der Waals surface area contributed by atoms with Crippen molar-refractivity contribution in [2.75, 3.05) is 13.1 Å². The zero-order chi connectivity index (χ0) is 15.2. The smallest absolute Gasteiger partial charge is 0.241 e. The molecule has 5 nitrogen and oxygen atoms in total. The minimum absolute atomic E-state index is 0.0804. The fourth-order valence-corrected chi connectivity index (χ4v) is 2.53. The lowest BCUT2D eigenvalue weighted by Gasteiger charge is -2.09. The molecule has 0 bridgehead atoms. The van der Waals surface area contributed by atoms with Crippen LogP contribution < -0.4 is 10.0 Å². The third-order valence-corrected chi connectivity index (χ3v) is 4.26. The molecule has 0 aliphatic heterocycles. The second kappa shape index (κ2) is 7.61. The Morgan fingerprint density at radius 2 is 1.85 bits per heavy atom. The predicted octanol–water partition coefficient (Wildman–Crippen LogP) is 1.78. The van der Waals surface area contributed by atoms with Gasteiger partial charge in [0, 0.05) is 11.6 Å². The van der Waals surface area contributed by atoms with Crippen LogP contribution in [-0.4, -0.2) is 27.4 Å². The van der Waals surface area contributed by atoms with Crippen LogP contribution in [0.15, 0.2) is 29.2 Å². The summed E-state index contributed by atoms with van der Waals surface area (Å²) in [6.07, 6.45) is 0.857. The highest BCUT2D eigenvalue weighted by molar-refractivity contribution is 7.89. The van der Waals surface area contributed by atoms with Crippen LogP contribution in [-0.2, 0) is 14.8 Å². The lowest BCUT2D eigenvalue weighted by Crippen LogP contribution is -2.37. The van der Waals surface area contributed by atoms with Gasteiger partial charge in [0.25, 0.3) is 0 Å². The SMILES string of the molecule is CC(C)CCNC(=O)CNS(=O)(=O)c1ccc(Cl)cc1. The van der Waals surface area contributed by atoms with Gasteiger partial charge in [-0.2, -0.15) is 0 Å². The van der Waals surface area contributed by atoms with Gasteiger partial charge in [-0.15, -0.1) is 0 Å². The highest BCUT2D eigenvalue weighted by Gasteiger charge is 2.15. The molecule has 1 amide bonds. The van der Waals surface area contributed by atoms with E-state index in [1.165, 1.54) is 24.3 Å². The second-order valence-corrected chi connectivity index (χ2v) is 7.01. The molecule has 2 N–H and O–H groups in total. The van der Waals surface area contributed by atoms with E-state index in [9.17, 15) is 13.2 Å². The summed E-state index contributed by atoms with van der Waals surface area (Å²) < 4.78 is 26.0. The molecule has 0 heterocycles. The van der Waals surface area contributed by atoms with E-state index in [1.807, 2.05) is 0 Å². The lowest BCUT2D eigenvalue weighted by molar-refractivity contribution is -0.119. The van der Waals surface area contributed by atoms with Crippen molar-refractivity contribution in [1.29, 1.82) is 0 Å². The van der Waals surface area contributed by atoms with E-state index in [-0.39, 0.29) is 17.3 Å². The summed E-state index contributed by atoms with van der Waals surface area (Å²) in [5.41, 5.74) is 0. The molecular weight excluding hydrogens is 300 g/mol. The van der Waals surface area contributed by atoms with Gasteiger partial charge < -0.3 is 5.32 Å². The van der Waals surface area contributed by atoms with Crippen molar-refractivity contribution < 1.29 is 13.2 Å². The van der Waals surface area contributed by atoms with E-state index in [0.29, 0.717) is 17.5 Å². The molecule has 1 aromatic carbocycles. The van der Waals surface area contributed by atoms with Gasteiger partial charge in [-0.1, -0.05) is 25.4 Å². The van der Waals surface area contributed by atoms with Crippen LogP contribution in [0.3, 0.4) is 0 Å². The third kappa shape index (κ3) is 5.90. The number of nitrogens with one attached hydrogen (secondary N) is 2. The molecule has 20 heavy (non-hydrogen) atoms. The average Bonchev–Trinajstić information content (AvgIpc) is 2.36. The fraction of sp³-hybridized carbons (Fsp3) is 0.462. The Morgan fingerprint density at radius 1 is 1.25 bits per heavy atom. The molecule has 0 unspecified atom stereocenters. The third-order valence-electron chi connectivity index (χ3n) is 2.59. The maximum absolute atomic E-state index is 11.9. The van der Waals surface area contributed by atoms with Crippen molar-refractivity contribution in [2.24, 2.45) is 5.92 Å². The minimum atomic E-state index is -3.68. The van der Waals surface area contributed by atoms with Gasteiger partial charge in [-0.05, 0) is 36.6 Å². The summed E-state index contributed by atoms with van der Waals surface area (Å²) in [6, 6.07) is 5.75. The van der Waals surface area contributed by atoms with Gasteiger partial charge in [0.05, 0.1) is 11.4 Å². The van der Waals surface area contributed by atoms with Gasteiger partial charge in [-0.3, -0.25) is 4.79 Å². The molecule has 112 valence electrons. The Balaban J connectivity index is 2.47. The summed E-state index contributed by atoms with van der Waals surface area (Å²) in [5.74, 6) is 0.143. The van der Waals surface area contributed by atoms with Crippen LogP contribution in [0, 0.1) is 5.92 Å². The van der Waals surface area contributed by atoms with Gasteiger partial charge >= 0.3 is 0 Å². The number of halogens is 1. The predicted molar refractivity (Wildman–Crippen MR) is 79.1 cm³/mol. The number of sulfonamides is 1. The van der Waals surface area contributed by atoms with E-state index in [2.05, 4.69) is 23.9 Å². The van der Waals surface area contributed by atoms with Gasteiger partial charge in [0.1, 0.15) is 0 Å². The Hall–Kier alpha value is -1.11. The minimum Gasteiger partial charge on any atom is -0.355 e. The fourth-order valence-electron chi connectivity index (χ4n) is 1.42.